The molecule has 1 fully saturated rings. The molecule has 0 N–H and O–H groups in total. The first-order valence-corrected chi connectivity index (χ1v) is 7.08. The fourth-order valence-electron chi connectivity index (χ4n) is 2.53. The summed E-state index contributed by atoms with van der Waals surface area (Å²) < 4.78 is 1.64. The predicted molar refractivity (Wildman–Crippen MR) is 75.0 cm³/mol. The fraction of sp³-hybridized carbons (Fsp3) is 0.643. The summed E-state index contributed by atoms with van der Waals surface area (Å²) in [5.41, 5.74) is 0.492. The lowest BCUT2D eigenvalue weighted by Crippen LogP contribution is -2.51. The summed E-state index contributed by atoms with van der Waals surface area (Å²) in [5.74, 6) is -0.0192. The van der Waals surface area contributed by atoms with Crippen molar-refractivity contribution in [2.45, 2.75) is 25.8 Å². The quantitative estimate of drug-likeness (QED) is 0.818. The van der Waals surface area contributed by atoms with Crippen LogP contribution in [-0.4, -0.2) is 57.7 Å². The maximum atomic E-state index is 12.3. The molecule has 108 valence electrons. The molecule has 1 atom stereocenters. The molecule has 6 heteroatoms. The second-order valence-electron chi connectivity index (χ2n) is 5.14. The van der Waals surface area contributed by atoms with Gasteiger partial charge in [0.25, 0.3) is 5.91 Å². The van der Waals surface area contributed by atoms with E-state index in [2.05, 4.69) is 23.0 Å². The van der Waals surface area contributed by atoms with Crippen LogP contribution in [0.4, 0.5) is 0 Å². The largest absolute Gasteiger partial charge is 0.335 e. The normalized spacial score (nSPS) is 17.8. The van der Waals surface area contributed by atoms with Gasteiger partial charge in [0.1, 0.15) is 5.69 Å². The molecule has 6 nitrogen and oxygen atoms in total. The van der Waals surface area contributed by atoms with E-state index in [-0.39, 0.29) is 11.9 Å². The Morgan fingerprint density at radius 2 is 2.15 bits per heavy atom. The molecule has 1 saturated heterocycles. The number of hydrogen-bond donors (Lipinski definition) is 0. The van der Waals surface area contributed by atoms with Crippen molar-refractivity contribution in [2.24, 2.45) is 7.05 Å². The second kappa shape index (κ2) is 6.53. The third kappa shape index (κ3) is 3.17. The molecule has 20 heavy (non-hydrogen) atoms. The van der Waals surface area contributed by atoms with Crippen molar-refractivity contribution in [3.8, 4) is 6.07 Å². The van der Waals surface area contributed by atoms with Crippen LogP contribution in [0.5, 0.6) is 0 Å². The number of amides is 1. The standard InChI is InChI=1S/C14H21N5O/c1-3-4-12(11-15)18-7-9-19(10-8-18)14(20)13-5-6-17(2)16-13/h5-6,12H,3-4,7-10H2,1-2H3. The molecule has 0 spiro atoms. The van der Waals surface area contributed by atoms with Gasteiger partial charge in [0.15, 0.2) is 0 Å². The number of aromatic nitrogens is 2. The Bertz CT molecular complexity index is 496. The molecule has 1 amide bonds. The van der Waals surface area contributed by atoms with Gasteiger partial charge in [-0.05, 0) is 12.5 Å². The third-order valence-corrected chi connectivity index (χ3v) is 3.69. The number of rotatable bonds is 4. The van der Waals surface area contributed by atoms with Gasteiger partial charge in [-0.25, -0.2) is 0 Å². The Labute approximate surface area is 119 Å². The summed E-state index contributed by atoms with van der Waals surface area (Å²) in [4.78, 5) is 16.2. The van der Waals surface area contributed by atoms with Crippen LogP contribution in [-0.2, 0) is 7.05 Å². The molecule has 0 saturated carbocycles. The zero-order valence-corrected chi connectivity index (χ0v) is 12.1. The lowest BCUT2D eigenvalue weighted by Gasteiger charge is -2.36. The molecule has 1 aliphatic rings. The van der Waals surface area contributed by atoms with Crippen LogP contribution in [0.15, 0.2) is 12.3 Å². The molecule has 0 bridgehead atoms. The Morgan fingerprint density at radius 1 is 1.45 bits per heavy atom. The monoisotopic (exact) mass is 275 g/mol. The Kier molecular flexibility index (Phi) is 4.74. The summed E-state index contributed by atoms with van der Waals surface area (Å²) >= 11 is 0. The van der Waals surface area contributed by atoms with E-state index in [1.807, 2.05) is 4.90 Å². The molecule has 1 aromatic rings. The molecule has 1 unspecified atom stereocenters. The highest BCUT2D eigenvalue weighted by atomic mass is 16.2. The van der Waals surface area contributed by atoms with Crippen molar-refractivity contribution >= 4 is 5.91 Å². The highest BCUT2D eigenvalue weighted by Gasteiger charge is 2.26. The van der Waals surface area contributed by atoms with Crippen molar-refractivity contribution in [1.29, 1.82) is 5.26 Å². The highest BCUT2D eigenvalue weighted by molar-refractivity contribution is 5.92. The van der Waals surface area contributed by atoms with Gasteiger partial charge < -0.3 is 4.90 Å². The molecule has 2 heterocycles. The van der Waals surface area contributed by atoms with Gasteiger partial charge in [-0.15, -0.1) is 0 Å². The maximum Gasteiger partial charge on any atom is 0.274 e. The number of piperazine rings is 1. The van der Waals surface area contributed by atoms with Gasteiger partial charge in [-0.1, -0.05) is 13.3 Å². The number of nitriles is 1. The zero-order chi connectivity index (χ0) is 14.5. The Hall–Kier alpha value is -1.87. The topological polar surface area (TPSA) is 65.2 Å². The van der Waals surface area contributed by atoms with Crippen molar-refractivity contribution < 1.29 is 4.79 Å². The molecule has 0 aromatic carbocycles. The number of carbonyl (C=O) groups is 1. The summed E-state index contributed by atoms with van der Waals surface area (Å²) in [7, 11) is 1.80. The third-order valence-electron chi connectivity index (χ3n) is 3.69. The average Bonchev–Trinajstić information content (AvgIpc) is 2.91. The molecule has 1 aliphatic heterocycles. The van der Waals surface area contributed by atoms with Crippen LogP contribution in [0.3, 0.4) is 0 Å². The highest BCUT2D eigenvalue weighted by Crippen LogP contribution is 2.12. The number of carbonyl (C=O) groups excluding carboxylic acids is 1. The van der Waals surface area contributed by atoms with Gasteiger partial charge in [-0.3, -0.25) is 14.4 Å². The minimum absolute atomic E-state index is 0.0192. The van der Waals surface area contributed by atoms with Gasteiger partial charge in [0.2, 0.25) is 0 Å². The SMILES string of the molecule is CCCC(C#N)N1CCN(C(=O)c2ccn(C)n2)CC1. The lowest BCUT2D eigenvalue weighted by atomic mass is 10.1. The van der Waals surface area contributed by atoms with E-state index in [9.17, 15) is 10.1 Å². The van der Waals surface area contributed by atoms with E-state index in [4.69, 9.17) is 0 Å². The van der Waals surface area contributed by atoms with Crippen molar-refractivity contribution in [3.63, 3.8) is 0 Å². The number of hydrogen-bond acceptors (Lipinski definition) is 4. The van der Waals surface area contributed by atoms with Crippen LogP contribution in [0, 0.1) is 11.3 Å². The molecule has 0 aliphatic carbocycles. The minimum atomic E-state index is -0.0212. The van der Waals surface area contributed by atoms with Crippen LogP contribution in [0.1, 0.15) is 30.3 Å². The summed E-state index contributed by atoms with van der Waals surface area (Å²) in [5, 5.41) is 13.3. The first-order chi connectivity index (χ1) is 9.65. The van der Waals surface area contributed by atoms with Crippen LogP contribution >= 0.6 is 0 Å². The lowest BCUT2D eigenvalue weighted by molar-refractivity contribution is 0.0595. The maximum absolute atomic E-state index is 12.3. The van der Waals surface area contributed by atoms with E-state index in [0.717, 1.165) is 25.9 Å². The molecule has 2 rings (SSSR count). The van der Waals surface area contributed by atoms with E-state index < -0.39 is 0 Å². The van der Waals surface area contributed by atoms with Crippen LogP contribution in [0.25, 0.3) is 0 Å². The van der Waals surface area contributed by atoms with E-state index in [0.29, 0.717) is 18.8 Å². The summed E-state index contributed by atoms with van der Waals surface area (Å²) in [6.07, 6.45) is 3.67. The van der Waals surface area contributed by atoms with Crippen molar-refractivity contribution in [1.82, 2.24) is 19.6 Å². The first kappa shape index (κ1) is 14.5. The predicted octanol–water partition coefficient (Wildman–Crippen LogP) is 0.870. The number of nitrogens with zero attached hydrogens (tertiary/aromatic N) is 5. The number of aryl methyl sites for hydroxylation is 1. The van der Waals surface area contributed by atoms with Crippen LogP contribution < -0.4 is 0 Å². The zero-order valence-electron chi connectivity index (χ0n) is 12.1. The van der Waals surface area contributed by atoms with Crippen LogP contribution in [0.2, 0.25) is 0 Å². The minimum Gasteiger partial charge on any atom is -0.335 e. The molecule has 1 aromatic heterocycles. The summed E-state index contributed by atoms with van der Waals surface area (Å²) in [6.45, 7) is 4.94. The molecular weight excluding hydrogens is 254 g/mol. The summed E-state index contributed by atoms with van der Waals surface area (Å²) in [6, 6.07) is 4.08. The first-order valence-electron chi connectivity index (χ1n) is 7.08. The van der Waals surface area contributed by atoms with Crippen molar-refractivity contribution in [2.75, 3.05) is 26.2 Å². The van der Waals surface area contributed by atoms with Gasteiger partial charge in [-0.2, -0.15) is 10.4 Å². The molecule has 0 radical (unpaired) electrons. The van der Waals surface area contributed by atoms with Gasteiger partial charge >= 0.3 is 0 Å². The average molecular weight is 275 g/mol. The van der Waals surface area contributed by atoms with E-state index >= 15 is 0 Å². The Morgan fingerprint density at radius 3 is 2.65 bits per heavy atom. The van der Waals surface area contributed by atoms with Gasteiger partial charge in [0.05, 0.1) is 12.1 Å². The van der Waals surface area contributed by atoms with E-state index in [1.54, 1.807) is 24.0 Å². The second-order valence-corrected chi connectivity index (χ2v) is 5.14. The van der Waals surface area contributed by atoms with E-state index in [1.165, 1.54) is 0 Å². The smallest absolute Gasteiger partial charge is 0.274 e. The van der Waals surface area contributed by atoms with Crippen molar-refractivity contribution in [3.05, 3.63) is 18.0 Å². The van der Waals surface area contributed by atoms with Gasteiger partial charge in [0, 0.05) is 39.4 Å². The fourth-order valence-corrected chi connectivity index (χ4v) is 2.53. The molecular formula is C14H21N5O. The Balaban J connectivity index is 1.91.